The molecule has 1 N–H and O–H groups in total. The largest absolute Gasteiger partial charge is 0.372 e. The van der Waals surface area contributed by atoms with Crippen molar-refractivity contribution in [2.45, 2.75) is 19.1 Å². The molecule has 21 heavy (non-hydrogen) atoms. The van der Waals surface area contributed by atoms with Crippen LogP contribution < -0.4 is 5.32 Å². The van der Waals surface area contributed by atoms with Crippen LogP contribution in [0.1, 0.15) is 18.1 Å². The van der Waals surface area contributed by atoms with Gasteiger partial charge in [-0.05, 0) is 23.6 Å². The van der Waals surface area contributed by atoms with Gasteiger partial charge in [-0.15, -0.1) is 0 Å². The van der Waals surface area contributed by atoms with Gasteiger partial charge in [0, 0.05) is 6.54 Å². The van der Waals surface area contributed by atoms with Crippen LogP contribution in [0.2, 0.25) is 0 Å². The van der Waals surface area contributed by atoms with Crippen molar-refractivity contribution < 1.29 is 4.74 Å². The van der Waals surface area contributed by atoms with Gasteiger partial charge in [-0.3, -0.25) is 0 Å². The summed E-state index contributed by atoms with van der Waals surface area (Å²) in [5.41, 5.74) is 3.75. The molecule has 1 heterocycles. The van der Waals surface area contributed by atoms with E-state index in [2.05, 4.69) is 60.8 Å². The van der Waals surface area contributed by atoms with E-state index in [0.717, 1.165) is 6.54 Å². The maximum atomic E-state index is 5.82. The molecule has 1 atom stereocenters. The molecule has 2 heteroatoms. The first-order valence-corrected chi connectivity index (χ1v) is 7.39. The van der Waals surface area contributed by atoms with Gasteiger partial charge >= 0.3 is 0 Å². The Kier molecular flexibility index (Phi) is 4.18. The van der Waals surface area contributed by atoms with Crippen molar-refractivity contribution in [3.8, 4) is 0 Å². The molecule has 0 spiro atoms. The van der Waals surface area contributed by atoms with Crippen LogP contribution in [-0.4, -0.2) is 13.2 Å². The Balaban J connectivity index is 1.59. The van der Waals surface area contributed by atoms with E-state index in [1.54, 1.807) is 0 Å². The molecule has 0 fully saturated rings. The van der Waals surface area contributed by atoms with Gasteiger partial charge in [-0.2, -0.15) is 0 Å². The Bertz CT molecular complexity index is 606. The third-order valence-electron chi connectivity index (χ3n) is 3.95. The normalized spacial score (nSPS) is 21.3. The molecule has 1 aliphatic rings. The van der Waals surface area contributed by atoms with Gasteiger partial charge in [0.05, 0.1) is 18.8 Å². The highest BCUT2D eigenvalue weighted by Crippen LogP contribution is 2.28. The summed E-state index contributed by atoms with van der Waals surface area (Å²) in [4.78, 5) is 0. The SMILES string of the molecule is C[C@]1(c2ccccc2)C=C(COCc2ccccc2)CN1. The van der Waals surface area contributed by atoms with Crippen LogP contribution >= 0.6 is 0 Å². The van der Waals surface area contributed by atoms with Crippen LogP contribution in [0.25, 0.3) is 0 Å². The fourth-order valence-corrected chi connectivity index (χ4v) is 2.74. The first kappa shape index (κ1) is 14.1. The maximum Gasteiger partial charge on any atom is 0.0721 e. The highest BCUT2D eigenvalue weighted by atomic mass is 16.5. The van der Waals surface area contributed by atoms with E-state index in [0.29, 0.717) is 13.2 Å². The van der Waals surface area contributed by atoms with E-state index < -0.39 is 0 Å². The van der Waals surface area contributed by atoms with Gasteiger partial charge in [0.25, 0.3) is 0 Å². The number of benzene rings is 2. The molecule has 0 bridgehead atoms. The summed E-state index contributed by atoms with van der Waals surface area (Å²) in [6.45, 7) is 4.46. The molecule has 108 valence electrons. The van der Waals surface area contributed by atoms with Crippen LogP contribution in [0.15, 0.2) is 72.3 Å². The van der Waals surface area contributed by atoms with Gasteiger partial charge in [0.1, 0.15) is 0 Å². The summed E-state index contributed by atoms with van der Waals surface area (Å²) >= 11 is 0. The molecule has 0 radical (unpaired) electrons. The predicted molar refractivity (Wildman–Crippen MR) is 86.0 cm³/mol. The van der Waals surface area contributed by atoms with E-state index in [1.165, 1.54) is 16.7 Å². The Morgan fingerprint density at radius 1 is 0.952 bits per heavy atom. The molecule has 0 aromatic heterocycles. The zero-order valence-corrected chi connectivity index (χ0v) is 12.4. The van der Waals surface area contributed by atoms with Gasteiger partial charge in [-0.1, -0.05) is 66.7 Å². The molecule has 0 amide bonds. The summed E-state index contributed by atoms with van der Waals surface area (Å²) in [5.74, 6) is 0. The van der Waals surface area contributed by atoms with E-state index in [-0.39, 0.29) is 5.54 Å². The Labute approximate surface area is 126 Å². The molecule has 0 saturated carbocycles. The van der Waals surface area contributed by atoms with Gasteiger partial charge in [-0.25, -0.2) is 0 Å². The van der Waals surface area contributed by atoms with Crippen molar-refractivity contribution in [1.29, 1.82) is 0 Å². The second-order valence-corrected chi connectivity index (χ2v) is 5.70. The minimum atomic E-state index is -0.0767. The van der Waals surface area contributed by atoms with E-state index >= 15 is 0 Å². The van der Waals surface area contributed by atoms with E-state index in [1.807, 2.05) is 18.2 Å². The zero-order valence-electron chi connectivity index (χ0n) is 12.4. The highest BCUT2D eigenvalue weighted by molar-refractivity contribution is 5.34. The highest BCUT2D eigenvalue weighted by Gasteiger charge is 2.28. The van der Waals surface area contributed by atoms with Crippen molar-refractivity contribution in [3.63, 3.8) is 0 Å². The van der Waals surface area contributed by atoms with E-state index in [9.17, 15) is 0 Å². The maximum absolute atomic E-state index is 5.82. The minimum absolute atomic E-state index is 0.0767. The predicted octanol–water partition coefficient (Wildman–Crippen LogP) is 3.65. The number of hydrogen-bond donors (Lipinski definition) is 1. The average molecular weight is 279 g/mol. The Morgan fingerprint density at radius 3 is 2.33 bits per heavy atom. The molecule has 0 unspecified atom stereocenters. The fraction of sp³-hybridized carbons (Fsp3) is 0.263. The van der Waals surface area contributed by atoms with Crippen molar-refractivity contribution in [2.75, 3.05) is 13.2 Å². The topological polar surface area (TPSA) is 21.3 Å². The monoisotopic (exact) mass is 279 g/mol. The van der Waals surface area contributed by atoms with Crippen molar-refractivity contribution in [1.82, 2.24) is 5.32 Å². The van der Waals surface area contributed by atoms with Gasteiger partial charge in [0.2, 0.25) is 0 Å². The number of rotatable bonds is 5. The number of hydrogen-bond acceptors (Lipinski definition) is 2. The van der Waals surface area contributed by atoms with Crippen molar-refractivity contribution >= 4 is 0 Å². The fourth-order valence-electron chi connectivity index (χ4n) is 2.74. The number of ether oxygens (including phenoxy) is 1. The third-order valence-corrected chi connectivity index (χ3v) is 3.95. The molecule has 2 nitrogen and oxygen atoms in total. The van der Waals surface area contributed by atoms with Crippen LogP contribution in [0.5, 0.6) is 0 Å². The molecule has 2 aromatic carbocycles. The number of nitrogens with one attached hydrogen (secondary N) is 1. The second kappa shape index (κ2) is 6.25. The van der Waals surface area contributed by atoms with E-state index in [4.69, 9.17) is 4.74 Å². The molecule has 0 aliphatic carbocycles. The molecule has 1 aliphatic heterocycles. The Morgan fingerprint density at radius 2 is 1.62 bits per heavy atom. The summed E-state index contributed by atoms with van der Waals surface area (Å²) in [6.07, 6.45) is 2.30. The van der Waals surface area contributed by atoms with Crippen molar-refractivity contribution in [2.24, 2.45) is 0 Å². The quantitative estimate of drug-likeness (QED) is 0.844. The minimum Gasteiger partial charge on any atom is -0.372 e. The molecular weight excluding hydrogens is 258 g/mol. The Hall–Kier alpha value is -1.90. The van der Waals surface area contributed by atoms with Crippen LogP contribution in [-0.2, 0) is 16.9 Å². The van der Waals surface area contributed by atoms with Gasteiger partial charge in [0.15, 0.2) is 0 Å². The third kappa shape index (κ3) is 3.41. The molecule has 0 saturated heterocycles. The van der Waals surface area contributed by atoms with Gasteiger partial charge < -0.3 is 10.1 Å². The van der Waals surface area contributed by atoms with Crippen molar-refractivity contribution in [3.05, 3.63) is 83.4 Å². The molecular formula is C19H21NO. The second-order valence-electron chi connectivity index (χ2n) is 5.70. The van der Waals surface area contributed by atoms with Crippen LogP contribution in [0.4, 0.5) is 0 Å². The summed E-state index contributed by atoms with van der Waals surface area (Å²) in [5, 5.41) is 3.58. The first-order valence-electron chi connectivity index (χ1n) is 7.39. The van der Waals surface area contributed by atoms with Crippen LogP contribution in [0, 0.1) is 0 Å². The standard InChI is InChI=1S/C19H21NO/c1-19(18-10-6-3-7-11-18)12-17(13-20-19)15-21-14-16-8-4-2-5-9-16/h2-12,20H,13-15H2,1H3/t19-/m1/s1. The molecule has 2 aromatic rings. The summed E-state index contributed by atoms with van der Waals surface area (Å²) in [7, 11) is 0. The van der Waals surface area contributed by atoms with Crippen LogP contribution in [0.3, 0.4) is 0 Å². The summed E-state index contributed by atoms with van der Waals surface area (Å²) < 4.78 is 5.82. The lowest BCUT2D eigenvalue weighted by atomic mass is 9.93. The smallest absolute Gasteiger partial charge is 0.0721 e. The first-order chi connectivity index (χ1) is 10.3. The lowest BCUT2D eigenvalue weighted by Crippen LogP contribution is -2.33. The zero-order chi connectivity index (χ0) is 14.5. The summed E-state index contributed by atoms with van der Waals surface area (Å²) in [6, 6.07) is 20.8. The molecule has 3 rings (SSSR count). The lowest BCUT2D eigenvalue weighted by molar-refractivity contribution is 0.142. The average Bonchev–Trinajstić information content (AvgIpc) is 2.92. The lowest BCUT2D eigenvalue weighted by Gasteiger charge is -2.23.